The number of fused-ring (bicyclic) bond motifs is 1. The van der Waals surface area contributed by atoms with E-state index in [2.05, 4.69) is 4.98 Å². The van der Waals surface area contributed by atoms with Crippen molar-refractivity contribution in [2.45, 2.75) is 31.5 Å². The summed E-state index contributed by atoms with van der Waals surface area (Å²) in [5.41, 5.74) is -0.822. The Hall–Kier alpha value is -1.79. The van der Waals surface area contributed by atoms with Gasteiger partial charge in [0, 0.05) is 12.7 Å². The number of rotatable bonds is 2. The third kappa shape index (κ3) is 2.45. The van der Waals surface area contributed by atoms with Crippen LogP contribution in [-0.4, -0.2) is 28.6 Å². The number of carboxylic acid groups (broad SMARTS) is 1. The molecule has 1 saturated heterocycles. The molecule has 1 aliphatic carbocycles. The van der Waals surface area contributed by atoms with Gasteiger partial charge >= 0.3 is 12.1 Å². The van der Waals surface area contributed by atoms with Gasteiger partial charge in [-0.2, -0.15) is 13.2 Å². The molecule has 1 aromatic heterocycles. The van der Waals surface area contributed by atoms with Gasteiger partial charge in [-0.05, 0) is 36.8 Å². The molecule has 0 bridgehead atoms. The van der Waals surface area contributed by atoms with E-state index in [9.17, 15) is 23.1 Å². The summed E-state index contributed by atoms with van der Waals surface area (Å²) in [7, 11) is 0. The van der Waals surface area contributed by atoms with Gasteiger partial charge in [-0.25, -0.2) is 9.78 Å². The van der Waals surface area contributed by atoms with Crippen molar-refractivity contribution in [3.63, 3.8) is 0 Å². The molecule has 114 valence electrons. The van der Waals surface area contributed by atoms with Crippen LogP contribution >= 0.6 is 0 Å². The summed E-state index contributed by atoms with van der Waals surface area (Å²) in [5, 5.41) is 9.43. The lowest BCUT2D eigenvalue weighted by Crippen LogP contribution is -2.40. The third-order valence-corrected chi connectivity index (χ3v) is 4.51. The highest BCUT2D eigenvalue weighted by Gasteiger charge is 2.48. The number of alkyl halides is 3. The lowest BCUT2D eigenvalue weighted by Gasteiger charge is -2.25. The number of pyridine rings is 1. The molecule has 0 amide bonds. The Kier molecular flexibility index (Phi) is 3.30. The molecular weight excluding hydrogens is 285 g/mol. The molecule has 1 aromatic rings. The molecule has 2 aliphatic rings. The van der Waals surface area contributed by atoms with Crippen molar-refractivity contribution in [3.05, 3.63) is 23.9 Å². The average Bonchev–Trinajstić information content (AvgIpc) is 2.96. The van der Waals surface area contributed by atoms with E-state index >= 15 is 0 Å². The van der Waals surface area contributed by atoms with Crippen molar-refractivity contribution in [2.24, 2.45) is 11.8 Å². The molecule has 3 unspecified atom stereocenters. The number of aromatic nitrogens is 1. The Balaban J connectivity index is 1.87. The molecule has 1 N–H and O–H groups in total. The van der Waals surface area contributed by atoms with Gasteiger partial charge in [0.2, 0.25) is 0 Å². The van der Waals surface area contributed by atoms with Gasteiger partial charge in [0.05, 0.1) is 5.56 Å². The minimum atomic E-state index is -4.43. The van der Waals surface area contributed by atoms with E-state index in [0.29, 0.717) is 18.3 Å². The number of anilines is 1. The van der Waals surface area contributed by atoms with Crippen LogP contribution in [0.5, 0.6) is 0 Å². The van der Waals surface area contributed by atoms with Crippen molar-refractivity contribution >= 4 is 11.8 Å². The molecule has 0 radical (unpaired) electrons. The summed E-state index contributed by atoms with van der Waals surface area (Å²) in [6.07, 6.45) is -0.806. The van der Waals surface area contributed by atoms with Gasteiger partial charge in [0.15, 0.2) is 0 Å². The zero-order valence-corrected chi connectivity index (χ0v) is 11.2. The van der Waals surface area contributed by atoms with E-state index in [-0.39, 0.29) is 5.92 Å². The molecule has 4 nitrogen and oxygen atoms in total. The number of aliphatic carboxylic acids is 1. The molecule has 3 atom stereocenters. The lowest BCUT2D eigenvalue weighted by molar-refractivity contribution is -0.140. The number of carboxylic acids is 1. The van der Waals surface area contributed by atoms with Crippen LogP contribution in [0.25, 0.3) is 0 Å². The summed E-state index contributed by atoms with van der Waals surface area (Å²) < 4.78 is 37.6. The SMILES string of the molecule is O=C(O)C1C2CCCC2CN1c1ccc(C(F)(F)F)cn1. The maximum atomic E-state index is 12.5. The molecule has 1 saturated carbocycles. The predicted molar refractivity (Wildman–Crippen MR) is 68.8 cm³/mol. The Bertz CT molecular complexity index is 544. The lowest BCUT2D eigenvalue weighted by atomic mass is 9.94. The van der Waals surface area contributed by atoms with Crippen LogP contribution in [0.2, 0.25) is 0 Å². The van der Waals surface area contributed by atoms with Crippen LogP contribution < -0.4 is 4.90 Å². The largest absolute Gasteiger partial charge is 0.480 e. The van der Waals surface area contributed by atoms with Crippen LogP contribution in [0.4, 0.5) is 19.0 Å². The molecule has 1 aliphatic heterocycles. The highest BCUT2D eigenvalue weighted by molar-refractivity contribution is 5.79. The second kappa shape index (κ2) is 4.89. The number of halogens is 3. The Morgan fingerprint density at radius 3 is 2.67 bits per heavy atom. The maximum Gasteiger partial charge on any atom is 0.417 e. The van der Waals surface area contributed by atoms with E-state index in [1.54, 1.807) is 4.90 Å². The molecule has 2 heterocycles. The van der Waals surface area contributed by atoms with E-state index in [4.69, 9.17) is 0 Å². The summed E-state index contributed by atoms with van der Waals surface area (Å²) in [5.74, 6) is -0.238. The van der Waals surface area contributed by atoms with E-state index in [1.807, 2.05) is 0 Å². The fourth-order valence-corrected chi connectivity index (χ4v) is 3.58. The second-order valence-electron chi connectivity index (χ2n) is 5.69. The zero-order chi connectivity index (χ0) is 15.2. The molecular formula is C14H15F3N2O2. The highest BCUT2D eigenvalue weighted by atomic mass is 19.4. The maximum absolute atomic E-state index is 12.5. The first-order valence-corrected chi connectivity index (χ1v) is 6.90. The number of nitrogens with zero attached hydrogens (tertiary/aromatic N) is 2. The van der Waals surface area contributed by atoms with Crippen LogP contribution in [0.15, 0.2) is 18.3 Å². The quantitative estimate of drug-likeness (QED) is 0.912. The first-order valence-electron chi connectivity index (χ1n) is 6.90. The van der Waals surface area contributed by atoms with Gasteiger partial charge in [-0.15, -0.1) is 0 Å². The second-order valence-corrected chi connectivity index (χ2v) is 5.69. The van der Waals surface area contributed by atoms with Crippen molar-refractivity contribution in [3.8, 4) is 0 Å². The third-order valence-electron chi connectivity index (χ3n) is 4.51. The van der Waals surface area contributed by atoms with Crippen LogP contribution in [-0.2, 0) is 11.0 Å². The van der Waals surface area contributed by atoms with E-state index < -0.39 is 23.8 Å². The van der Waals surface area contributed by atoms with Gasteiger partial charge in [-0.3, -0.25) is 0 Å². The predicted octanol–water partition coefficient (Wildman–Crippen LogP) is 2.79. The van der Waals surface area contributed by atoms with Gasteiger partial charge < -0.3 is 10.0 Å². The molecule has 21 heavy (non-hydrogen) atoms. The summed E-state index contributed by atoms with van der Waals surface area (Å²) >= 11 is 0. The van der Waals surface area contributed by atoms with Crippen LogP contribution in [0.1, 0.15) is 24.8 Å². The van der Waals surface area contributed by atoms with E-state index in [0.717, 1.165) is 31.5 Å². The van der Waals surface area contributed by atoms with Crippen LogP contribution in [0.3, 0.4) is 0 Å². The monoisotopic (exact) mass is 300 g/mol. The Labute approximate surface area is 119 Å². The summed E-state index contributed by atoms with van der Waals surface area (Å²) in [6.45, 7) is 0.556. The topological polar surface area (TPSA) is 53.4 Å². The van der Waals surface area contributed by atoms with Gasteiger partial charge in [0.1, 0.15) is 11.9 Å². The highest BCUT2D eigenvalue weighted by Crippen LogP contribution is 2.43. The number of carbonyl (C=O) groups is 1. The smallest absolute Gasteiger partial charge is 0.417 e. The van der Waals surface area contributed by atoms with Crippen molar-refractivity contribution in [1.29, 1.82) is 0 Å². The molecule has 0 spiro atoms. The Morgan fingerprint density at radius 2 is 2.10 bits per heavy atom. The zero-order valence-electron chi connectivity index (χ0n) is 11.2. The van der Waals surface area contributed by atoms with Crippen LogP contribution in [0, 0.1) is 11.8 Å². The summed E-state index contributed by atoms with van der Waals surface area (Å²) in [4.78, 5) is 17.0. The van der Waals surface area contributed by atoms with Gasteiger partial charge in [0.25, 0.3) is 0 Å². The average molecular weight is 300 g/mol. The van der Waals surface area contributed by atoms with E-state index in [1.165, 1.54) is 6.07 Å². The number of hydrogen-bond donors (Lipinski definition) is 1. The minimum Gasteiger partial charge on any atom is -0.480 e. The first kappa shape index (κ1) is 14.2. The van der Waals surface area contributed by atoms with Crippen molar-refractivity contribution in [2.75, 3.05) is 11.4 Å². The standard InChI is InChI=1S/C14H15F3N2O2/c15-14(16,17)9-4-5-11(18-6-9)19-7-8-2-1-3-10(8)12(19)13(20)21/h4-6,8,10,12H,1-3,7H2,(H,20,21). The molecule has 2 fully saturated rings. The van der Waals surface area contributed by atoms with Gasteiger partial charge in [-0.1, -0.05) is 6.42 Å². The fraction of sp³-hybridized carbons (Fsp3) is 0.571. The van der Waals surface area contributed by atoms with Crippen molar-refractivity contribution < 1.29 is 23.1 Å². The van der Waals surface area contributed by atoms with Crippen molar-refractivity contribution in [1.82, 2.24) is 4.98 Å². The Morgan fingerprint density at radius 1 is 1.33 bits per heavy atom. The summed E-state index contributed by atoms with van der Waals surface area (Å²) in [6, 6.07) is 1.54. The molecule has 3 rings (SSSR count). The minimum absolute atomic E-state index is 0.0755. The fourth-order valence-electron chi connectivity index (χ4n) is 3.58. The molecule has 7 heteroatoms. The normalized spacial score (nSPS) is 28.7. The first-order chi connectivity index (χ1) is 9.88. The molecule has 0 aromatic carbocycles. The number of hydrogen-bond acceptors (Lipinski definition) is 3.